The summed E-state index contributed by atoms with van der Waals surface area (Å²) in [4.78, 5) is 4.51. The molecule has 0 amide bonds. The lowest BCUT2D eigenvalue weighted by Crippen LogP contribution is -2.28. The molecule has 0 bridgehead atoms. The van der Waals surface area contributed by atoms with Crippen molar-refractivity contribution in [2.75, 3.05) is 0 Å². The van der Waals surface area contributed by atoms with E-state index in [1.165, 1.54) is 11.3 Å². The Morgan fingerprint density at radius 2 is 2.07 bits per heavy atom. The molecule has 0 saturated heterocycles. The van der Waals surface area contributed by atoms with E-state index in [2.05, 4.69) is 4.98 Å². The van der Waals surface area contributed by atoms with Gasteiger partial charge in [-0.15, -0.1) is 22.7 Å². The molecule has 15 heavy (non-hydrogen) atoms. The molecule has 2 aromatic heterocycles. The van der Waals surface area contributed by atoms with Crippen LogP contribution in [0, 0.1) is 0 Å². The van der Waals surface area contributed by atoms with Crippen molar-refractivity contribution in [1.29, 1.82) is 0 Å². The van der Waals surface area contributed by atoms with Crippen LogP contribution >= 0.6 is 34.3 Å². The second kappa shape index (κ2) is 3.87. The zero-order valence-electron chi connectivity index (χ0n) is 8.45. The van der Waals surface area contributed by atoms with Crippen LogP contribution in [0.1, 0.15) is 18.9 Å². The van der Waals surface area contributed by atoms with Gasteiger partial charge in [-0.1, -0.05) is 11.6 Å². The topological polar surface area (TPSA) is 38.9 Å². The molecule has 0 unspecified atom stereocenters. The predicted molar refractivity (Wildman–Crippen MR) is 67.7 cm³/mol. The fourth-order valence-electron chi connectivity index (χ4n) is 1.15. The highest BCUT2D eigenvalue weighted by Gasteiger charge is 2.19. The summed E-state index contributed by atoms with van der Waals surface area (Å²) in [5.41, 5.74) is 7.63. The highest BCUT2D eigenvalue weighted by molar-refractivity contribution is 7.14. The van der Waals surface area contributed by atoms with Crippen LogP contribution in [0.25, 0.3) is 11.3 Å². The number of halogens is 1. The van der Waals surface area contributed by atoms with Gasteiger partial charge in [0.25, 0.3) is 0 Å². The molecule has 80 valence electrons. The molecule has 2 heterocycles. The van der Waals surface area contributed by atoms with Crippen LogP contribution < -0.4 is 5.73 Å². The van der Waals surface area contributed by atoms with E-state index in [4.69, 9.17) is 17.3 Å². The number of nitrogens with two attached hydrogens (primary N) is 1. The van der Waals surface area contributed by atoms with Crippen molar-refractivity contribution < 1.29 is 0 Å². The maximum atomic E-state index is 5.98. The molecule has 0 aromatic carbocycles. The van der Waals surface area contributed by atoms with E-state index in [0.717, 1.165) is 20.6 Å². The van der Waals surface area contributed by atoms with Crippen LogP contribution in [0.2, 0.25) is 4.34 Å². The number of hydrogen-bond acceptors (Lipinski definition) is 4. The van der Waals surface area contributed by atoms with E-state index in [-0.39, 0.29) is 5.54 Å². The third kappa shape index (κ3) is 2.39. The van der Waals surface area contributed by atoms with Crippen molar-refractivity contribution >= 4 is 34.3 Å². The second-order valence-electron chi connectivity index (χ2n) is 3.90. The zero-order chi connectivity index (χ0) is 11.1. The summed E-state index contributed by atoms with van der Waals surface area (Å²) < 4.78 is 0.784. The smallest absolute Gasteiger partial charge is 0.113 e. The van der Waals surface area contributed by atoms with Crippen LogP contribution in [0.3, 0.4) is 0 Å². The van der Waals surface area contributed by atoms with E-state index >= 15 is 0 Å². The van der Waals surface area contributed by atoms with Gasteiger partial charge in [0.05, 0.1) is 15.6 Å². The van der Waals surface area contributed by atoms with Crippen LogP contribution in [0.4, 0.5) is 0 Å². The Balaban J connectivity index is 2.36. The first-order valence-corrected chi connectivity index (χ1v) is 6.60. The third-order valence-electron chi connectivity index (χ3n) is 1.92. The molecule has 5 heteroatoms. The molecule has 0 aliphatic carbocycles. The minimum atomic E-state index is -0.372. The third-order valence-corrected chi connectivity index (χ3v) is 4.19. The average molecular weight is 259 g/mol. The Labute approximate surface area is 102 Å². The summed E-state index contributed by atoms with van der Waals surface area (Å²) in [5.74, 6) is 0. The summed E-state index contributed by atoms with van der Waals surface area (Å²) in [5, 5.41) is 4.97. The SMILES string of the molecule is CC(C)(N)c1nc(-c2csc(Cl)c2)cs1. The maximum absolute atomic E-state index is 5.98. The van der Waals surface area contributed by atoms with Crippen molar-refractivity contribution in [3.05, 3.63) is 26.2 Å². The Hall–Kier alpha value is -0.420. The first-order valence-electron chi connectivity index (χ1n) is 4.46. The first kappa shape index (κ1) is 11.1. The van der Waals surface area contributed by atoms with Gasteiger partial charge in [-0.25, -0.2) is 4.98 Å². The Morgan fingerprint density at radius 3 is 2.53 bits per heavy atom. The normalized spacial score (nSPS) is 12.0. The summed E-state index contributed by atoms with van der Waals surface area (Å²) in [6.45, 7) is 3.91. The Morgan fingerprint density at radius 1 is 1.33 bits per heavy atom. The molecule has 0 aliphatic rings. The highest BCUT2D eigenvalue weighted by Crippen LogP contribution is 2.31. The fraction of sp³-hybridized carbons (Fsp3) is 0.300. The number of thiophene rings is 1. The molecule has 0 fully saturated rings. The molecule has 2 rings (SSSR count). The Kier molecular flexibility index (Phi) is 2.85. The van der Waals surface area contributed by atoms with Gasteiger partial charge in [0, 0.05) is 16.3 Å². The van der Waals surface area contributed by atoms with Gasteiger partial charge in [0.15, 0.2) is 0 Å². The lowest BCUT2D eigenvalue weighted by atomic mass is 10.1. The van der Waals surface area contributed by atoms with Gasteiger partial charge in [0.2, 0.25) is 0 Å². The van der Waals surface area contributed by atoms with Crippen molar-refractivity contribution in [1.82, 2.24) is 4.98 Å². The van der Waals surface area contributed by atoms with E-state index in [9.17, 15) is 0 Å². The van der Waals surface area contributed by atoms with Gasteiger partial charge in [-0.2, -0.15) is 0 Å². The van der Waals surface area contributed by atoms with E-state index in [0.29, 0.717) is 0 Å². The number of aromatic nitrogens is 1. The van der Waals surface area contributed by atoms with E-state index < -0.39 is 0 Å². The molecule has 0 radical (unpaired) electrons. The lowest BCUT2D eigenvalue weighted by Gasteiger charge is -2.13. The first-order chi connectivity index (χ1) is 6.97. The quantitative estimate of drug-likeness (QED) is 0.892. The number of hydrogen-bond donors (Lipinski definition) is 1. The standard InChI is InChI=1S/C10H11ClN2S2/c1-10(2,12)9-13-7(5-15-9)6-3-8(11)14-4-6/h3-5H,12H2,1-2H3. The highest BCUT2D eigenvalue weighted by atomic mass is 35.5. The fourth-order valence-corrected chi connectivity index (χ4v) is 2.89. The van der Waals surface area contributed by atoms with Gasteiger partial charge in [-0.05, 0) is 19.9 Å². The monoisotopic (exact) mass is 258 g/mol. The molecule has 2 aromatic rings. The van der Waals surface area contributed by atoms with Gasteiger partial charge in [-0.3, -0.25) is 0 Å². The summed E-state index contributed by atoms with van der Waals surface area (Å²) in [6, 6.07) is 1.93. The minimum Gasteiger partial charge on any atom is -0.320 e. The average Bonchev–Trinajstić information content (AvgIpc) is 2.69. The molecular formula is C10H11ClN2S2. The maximum Gasteiger partial charge on any atom is 0.113 e. The van der Waals surface area contributed by atoms with Crippen molar-refractivity contribution in [3.8, 4) is 11.3 Å². The molecule has 2 nitrogen and oxygen atoms in total. The van der Waals surface area contributed by atoms with Crippen molar-refractivity contribution in [2.24, 2.45) is 5.73 Å². The molecule has 0 spiro atoms. The summed E-state index contributed by atoms with van der Waals surface area (Å²) >= 11 is 8.98. The summed E-state index contributed by atoms with van der Waals surface area (Å²) in [6.07, 6.45) is 0. The van der Waals surface area contributed by atoms with Gasteiger partial charge < -0.3 is 5.73 Å². The number of thiazole rings is 1. The number of rotatable bonds is 2. The molecule has 0 atom stereocenters. The minimum absolute atomic E-state index is 0.372. The number of nitrogens with zero attached hydrogens (tertiary/aromatic N) is 1. The van der Waals surface area contributed by atoms with Crippen molar-refractivity contribution in [3.63, 3.8) is 0 Å². The van der Waals surface area contributed by atoms with Crippen LogP contribution in [-0.4, -0.2) is 4.98 Å². The van der Waals surface area contributed by atoms with Crippen LogP contribution in [0.15, 0.2) is 16.8 Å². The predicted octanol–water partition coefficient (Wildman–Crippen LogP) is 3.72. The van der Waals surface area contributed by atoms with Crippen LogP contribution in [0.5, 0.6) is 0 Å². The lowest BCUT2D eigenvalue weighted by molar-refractivity contribution is 0.551. The largest absolute Gasteiger partial charge is 0.320 e. The molecule has 0 aliphatic heterocycles. The van der Waals surface area contributed by atoms with Gasteiger partial charge in [0.1, 0.15) is 5.01 Å². The van der Waals surface area contributed by atoms with Gasteiger partial charge >= 0.3 is 0 Å². The second-order valence-corrected chi connectivity index (χ2v) is 6.30. The molecular weight excluding hydrogens is 248 g/mol. The molecule has 0 saturated carbocycles. The van der Waals surface area contributed by atoms with E-state index in [1.807, 2.05) is 30.7 Å². The summed E-state index contributed by atoms with van der Waals surface area (Å²) in [7, 11) is 0. The van der Waals surface area contributed by atoms with E-state index in [1.54, 1.807) is 11.3 Å². The zero-order valence-corrected chi connectivity index (χ0v) is 10.8. The van der Waals surface area contributed by atoms with Crippen LogP contribution in [-0.2, 0) is 5.54 Å². The Bertz CT molecular complexity index is 468. The molecule has 2 N–H and O–H groups in total. The van der Waals surface area contributed by atoms with Crippen molar-refractivity contribution in [2.45, 2.75) is 19.4 Å².